The zero-order valence-electron chi connectivity index (χ0n) is 14.4. The molecule has 1 atom stereocenters. The second-order valence-corrected chi connectivity index (χ2v) is 7.21. The van der Waals surface area contributed by atoms with E-state index in [0.29, 0.717) is 28.8 Å². The monoisotopic (exact) mass is 391 g/mol. The van der Waals surface area contributed by atoms with Crippen molar-refractivity contribution in [3.8, 4) is 0 Å². The van der Waals surface area contributed by atoms with Crippen LogP contribution in [0.4, 0.5) is 5.69 Å². The Balaban J connectivity index is 1.64. The third-order valence-electron chi connectivity index (χ3n) is 4.53. The van der Waals surface area contributed by atoms with Crippen molar-refractivity contribution in [1.29, 1.82) is 0 Å². The van der Waals surface area contributed by atoms with E-state index in [1.54, 1.807) is 47.4 Å². The molecule has 2 heterocycles. The standard InChI is InChI=1S/C19H19Cl2N3O2/c1-23(9-6-13-4-7-22-8-5-13)19(26)14-10-18(25)24(12-14)17-11-15(20)2-3-16(17)21/h2-5,7-8,11,14H,6,9-10,12H2,1H3. The maximum Gasteiger partial charge on any atom is 0.227 e. The summed E-state index contributed by atoms with van der Waals surface area (Å²) in [4.78, 5) is 32.3. The summed E-state index contributed by atoms with van der Waals surface area (Å²) in [5, 5.41) is 0.948. The fraction of sp³-hybridized carbons (Fsp3) is 0.316. The van der Waals surface area contributed by atoms with E-state index in [2.05, 4.69) is 4.98 Å². The van der Waals surface area contributed by atoms with Crippen molar-refractivity contribution in [2.75, 3.05) is 25.0 Å². The van der Waals surface area contributed by atoms with E-state index in [1.807, 2.05) is 12.1 Å². The number of carbonyl (C=O) groups is 2. The van der Waals surface area contributed by atoms with Gasteiger partial charge in [-0.3, -0.25) is 14.6 Å². The molecular formula is C19H19Cl2N3O2. The summed E-state index contributed by atoms with van der Waals surface area (Å²) in [5.74, 6) is -0.525. The van der Waals surface area contributed by atoms with Gasteiger partial charge in [0.2, 0.25) is 11.8 Å². The van der Waals surface area contributed by atoms with Crippen LogP contribution in [0.5, 0.6) is 0 Å². The zero-order valence-corrected chi connectivity index (χ0v) is 15.9. The number of halogens is 2. The molecule has 26 heavy (non-hydrogen) atoms. The van der Waals surface area contributed by atoms with Gasteiger partial charge in [0.25, 0.3) is 0 Å². The molecule has 1 aromatic heterocycles. The number of aromatic nitrogens is 1. The molecule has 0 N–H and O–H groups in total. The fourth-order valence-corrected chi connectivity index (χ4v) is 3.45. The first-order valence-electron chi connectivity index (χ1n) is 8.35. The van der Waals surface area contributed by atoms with Crippen LogP contribution >= 0.6 is 23.2 Å². The number of nitrogens with zero attached hydrogens (tertiary/aromatic N) is 3. The number of carbonyl (C=O) groups excluding carboxylic acids is 2. The van der Waals surface area contributed by atoms with Crippen molar-refractivity contribution >= 4 is 40.7 Å². The smallest absolute Gasteiger partial charge is 0.227 e. The third kappa shape index (κ3) is 4.17. The van der Waals surface area contributed by atoms with Gasteiger partial charge in [-0.2, -0.15) is 0 Å². The number of hydrogen-bond acceptors (Lipinski definition) is 3. The van der Waals surface area contributed by atoms with E-state index >= 15 is 0 Å². The molecule has 1 fully saturated rings. The van der Waals surface area contributed by atoms with E-state index in [0.717, 1.165) is 12.0 Å². The van der Waals surface area contributed by atoms with Crippen LogP contribution in [0.15, 0.2) is 42.7 Å². The van der Waals surface area contributed by atoms with Crippen molar-refractivity contribution in [1.82, 2.24) is 9.88 Å². The first kappa shape index (κ1) is 18.7. The van der Waals surface area contributed by atoms with Crippen LogP contribution in [0.25, 0.3) is 0 Å². The van der Waals surface area contributed by atoms with E-state index in [-0.39, 0.29) is 24.2 Å². The Morgan fingerprint density at radius 2 is 2.00 bits per heavy atom. The predicted octanol–water partition coefficient (Wildman–Crippen LogP) is 3.44. The Kier molecular flexibility index (Phi) is 5.79. The number of benzene rings is 1. The molecule has 1 saturated heterocycles. The Bertz CT molecular complexity index is 814. The molecule has 0 bridgehead atoms. The summed E-state index contributed by atoms with van der Waals surface area (Å²) in [6.45, 7) is 0.906. The average Bonchev–Trinajstić information content (AvgIpc) is 3.03. The molecule has 1 unspecified atom stereocenters. The zero-order chi connectivity index (χ0) is 18.7. The lowest BCUT2D eigenvalue weighted by Crippen LogP contribution is -2.36. The van der Waals surface area contributed by atoms with Gasteiger partial charge in [0, 0.05) is 44.0 Å². The SMILES string of the molecule is CN(CCc1ccncc1)C(=O)C1CC(=O)N(c2cc(Cl)ccc2Cl)C1. The van der Waals surface area contributed by atoms with Gasteiger partial charge in [-0.25, -0.2) is 0 Å². The molecule has 0 spiro atoms. The van der Waals surface area contributed by atoms with Crippen LogP contribution in [-0.2, 0) is 16.0 Å². The largest absolute Gasteiger partial charge is 0.345 e. The second-order valence-electron chi connectivity index (χ2n) is 6.37. The highest BCUT2D eigenvalue weighted by Crippen LogP contribution is 2.33. The lowest BCUT2D eigenvalue weighted by atomic mass is 10.1. The Morgan fingerprint density at radius 1 is 1.27 bits per heavy atom. The maximum atomic E-state index is 12.7. The minimum absolute atomic E-state index is 0.0342. The summed E-state index contributed by atoms with van der Waals surface area (Å²) in [6, 6.07) is 8.84. The molecule has 3 rings (SSSR count). The number of rotatable bonds is 5. The number of pyridine rings is 1. The first-order valence-corrected chi connectivity index (χ1v) is 9.10. The molecule has 2 aromatic rings. The van der Waals surface area contributed by atoms with Gasteiger partial charge in [-0.1, -0.05) is 23.2 Å². The molecule has 1 aliphatic rings. The van der Waals surface area contributed by atoms with Gasteiger partial charge in [0.05, 0.1) is 16.6 Å². The summed E-state index contributed by atoms with van der Waals surface area (Å²) >= 11 is 12.2. The molecule has 5 nitrogen and oxygen atoms in total. The van der Waals surface area contributed by atoms with Crippen LogP contribution in [0.1, 0.15) is 12.0 Å². The Labute approximate surface area is 162 Å². The Morgan fingerprint density at radius 3 is 2.73 bits per heavy atom. The van der Waals surface area contributed by atoms with E-state index in [1.165, 1.54) is 0 Å². The number of hydrogen-bond donors (Lipinski definition) is 0. The minimum Gasteiger partial charge on any atom is -0.345 e. The number of anilines is 1. The normalized spacial score (nSPS) is 16.8. The molecule has 1 aliphatic heterocycles. The topological polar surface area (TPSA) is 53.5 Å². The fourth-order valence-electron chi connectivity index (χ4n) is 3.07. The summed E-state index contributed by atoms with van der Waals surface area (Å²) < 4.78 is 0. The summed E-state index contributed by atoms with van der Waals surface area (Å²) in [5.41, 5.74) is 1.67. The molecule has 136 valence electrons. The highest BCUT2D eigenvalue weighted by atomic mass is 35.5. The van der Waals surface area contributed by atoms with E-state index in [9.17, 15) is 9.59 Å². The quantitative estimate of drug-likeness (QED) is 0.784. The average molecular weight is 392 g/mol. The van der Waals surface area contributed by atoms with Crippen molar-refractivity contribution in [3.63, 3.8) is 0 Å². The van der Waals surface area contributed by atoms with E-state index in [4.69, 9.17) is 23.2 Å². The van der Waals surface area contributed by atoms with Crippen molar-refractivity contribution in [3.05, 3.63) is 58.3 Å². The minimum atomic E-state index is -0.375. The molecule has 0 radical (unpaired) electrons. The number of likely N-dealkylation sites (N-methyl/N-ethyl adjacent to an activating group) is 1. The summed E-state index contributed by atoms with van der Waals surface area (Å²) in [7, 11) is 1.77. The van der Waals surface area contributed by atoms with Crippen molar-refractivity contribution < 1.29 is 9.59 Å². The highest BCUT2D eigenvalue weighted by Gasteiger charge is 2.37. The molecule has 1 aromatic carbocycles. The van der Waals surface area contributed by atoms with Crippen LogP contribution in [0, 0.1) is 5.92 Å². The highest BCUT2D eigenvalue weighted by molar-refractivity contribution is 6.35. The Hall–Kier alpha value is -2.11. The summed E-state index contributed by atoms with van der Waals surface area (Å²) in [6.07, 6.45) is 4.40. The van der Waals surface area contributed by atoms with Gasteiger partial charge >= 0.3 is 0 Å². The van der Waals surface area contributed by atoms with Crippen molar-refractivity contribution in [2.24, 2.45) is 5.92 Å². The maximum absolute atomic E-state index is 12.7. The molecular weight excluding hydrogens is 373 g/mol. The third-order valence-corrected chi connectivity index (χ3v) is 5.09. The van der Waals surface area contributed by atoms with Crippen molar-refractivity contribution in [2.45, 2.75) is 12.8 Å². The molecule has 2 amide bonds. The molecule has 7 heteroatoms. The van der Waals surface area contributed by atoms with Gasteiger partial charge in [0.1, 0.15) is 0 Å². The van der Waals surface area contributed by atoms with Gasteiger partial charge < -0.3 is 9.80 Å². The first-order chi connectivity index (χ1) is 12.5. The predicted molar refractivity (Wildman–Crippen MR) is 103 cm³/mol. The molecule has 0 saturated carbocycles. The van der Waals surface area contributed by atoms with Gasteiger partial charge in [-0.05, 0) is 42.3 Å². The van der Waals surface area contributed by atoms with Crippen LogP contribution in [-0.4, -0.2) is 41.8 Å². The van der Waals surface area contributed by atoms with Crippen LogP contribution in [0.3, 0.4) is 0 Å². The van der Waals surface area contributed by atoms with E-state index < -0.39 is 0 Å². The second kappa shape index (κ2) is 8.06. The number of amides is 2. The molecule has 0 aliphatic carbocycles. The lowest BCUT2D eigenvalue weighted by molar-refractivity contribution is -0.134. The lowest BCUT2D eigenvalue weighted by Gasteiger charge is -2.22. The van der Waals surface area contributed by atoms with Crippen LogP contribution < -0.4 is 4.90 Å². The van der Waals surface area contributed by atoms with Gasteiger partial charge in [-0.15, -0.1) is 0 Å². The van der Waals surface area contributed by atoms with Gasteiger partial charge in [0.15, 0.2) is 0 Å². The van der Waals surface area contributed by atoms with Crippen LogP contribution in [0.2, 0.25) is 10.0 Å².